The summed E-state index contributed by atoms with van der Waals surface area (Å²) in [7, 11) is -4.66. The van der Waals surface area contributed by atoms with E-state index in [9.17, 15) is 29.3 Å². The van der Waals surface area contributed by atoms with E-state index in [1.807, 2.05) is 12.2 Å². The van der Waals surface area contributed by atoms with Crippen molar-refractivity contribution in [2.75, 3.05) is 26.4 Å². The third-order valence-corrected chi connectivity index (χ3v) is 9.67. The van der Waals surface area contributed by atoms with Gasteiger partial charge in [0.05, 0.1) is 25.9 Å². The summed E-state index contributed by atoms with van der Waals surface area (Å²) in [4.78, 5) is 35.0. The Bertz CT molecular complexity index is 1150. The van der Waals surface area contributed by atoms with Gasteiger partial charge in [-0.2, -0.15) is 0 Å². The number of aliphatic hydroxyl groups is 3. The van der Waals surface area contributed by atoms with Crippen molar-refractivity contribution in [1.82, 2.24) is 0 Å². The van der Waals surface area contributed by atoms with Crippen LogP contribution in [0.25, 0.3) is 0 Å². The molecule has 11 nitrogen and oxygen atoms in total. The normalized spacial score (nSPS) is 15.1. The van der Waals surface area contributed by atoms with E-state index < -0.39 is 64.5 Å². The number of phosphoric acid groups is 1. The van der Waals surface area contributed by atoms with Gasteiger partial charge in [-0.15, -0.1) is 0 Å². The van der Waals surface area contributed by atoms with Crippen LogP contribution in [-0.2, 0) is 32.7 Å². The minimum absolute atomic E-state index is 0.00941. The van der Waals surface area contributed by atoms with Crippen LogP contribution in [0.3, 0.4) is 0 Å². The highest BCUT2D eigenvalue weighted by Gasteiger charge is 2.27. The molecule has 4 N–H and O–H groups in total. The van der Waals surface area contributed by atoms with Crippen LogP contribution in [-0.4, -0.2) is 76.9 Å². The van der Waals surface area contributed by atoms with Crippen molar-refractivity contribution in [2.24, 2.45) is 5.92 Å². The Morgan fingerprint density at radius 2 is 1.14 bits per heavy atom. The van der Waals surface area contributed by atoms with Crippen LogP contribution in [0, 0.1) is 5.92 Å². The molecule has 0 saturated heterocycles. The standard InChI is InChI=1S/C44H77O11P/c1-4-5-6-7-8-9-10-11-15-18-21-24-27-31-40(46)32-29-34-43(48)52-37-42(38-54-56(50,51)53-36-41(47)35-45)55-44(49)33-28-25-22-19-16-13-12-14-17-20-23-26-30-39(2)3/h5-6,8-9,11,15,21,24,27,31,39-42,45-47H,4,7,10,12-14,16-20,22-23,25-26,28-30,32-38H2,1-3H3,(H,50,51)/b6-5-,9-8-,15-11-,24-21-,31-27+/t40?,41-,42+/m0/s1. The first-order valence-corrected chi connectivity index (χ1v) is 22.7. The van der Waals surface area contributed by atoms with Gasteiger partial charge in [0.2, 0.25) is 0 Å². The fraction of sp³-hybridized carbons (Fsp3) is 0.727. The largest absolute Gasteiger partial charge is 0.472 e. The monoisotopic (exact) mass is 813 g/mol. The second-order valence-corrected chi connectivity index (χ2v) is 16.1. The number of hydrogen-bond acceptors (Lipinski definition) is 10. The van der Waals surface area contributed by atoms with Crippen LogP contribution < -0.4 is 0 Å². The Balaban J connectivity index is 4.51. The fourth-order valence-electron chi connectivity index (χ4n) is 5.44. The van der Waals surface area contributed by atoms with E-state index in [0.717, 1.165) is 50.9 Å². The summed E-state index contributed by atoms with van der Waals surface area (Å²) < 4.78 is 32.5. The lowest BCUT2D eigenvalue weighted by Crippen LogP contribution is -2.30. The molecule has 0 bridgehead atoms. The first kappa shape index (κ1) is 53.6. The molecule has 0 aromatic rings. The van der Waals surface area contributed by atoms with Crippen LogP contribution in [0.2, 0.25) is 0 Å². The zero-order valence-electron chi connectivity index (χ0n) is 34.9. The number of rotatable bonds is 38. The molecular formula is C44H77O11P. The summed E-state index contributed by atoms with van der Waals surface area (Å²) in [6.45, 7) is 4.35. The van der Waals surface area contributed by atoms with Crippen molar-refractivity contribution in [2.45, 2.75) is 174 Å². The molecule has 2 unspecified atom stereocenters. The average molecular weight is 813 g/mol. The maximum atomic E-state index is 12.6. The van der Waals surface area contributed by atoms with Crippen LogP contribution in [0.1, 0.15) is 156 Å². The molecule has 4 atom stereocenters. The number of unbranched alkanes of at least 4 members (excludes halogenated alkanes) is 11. The molecule has 0 aromatic carbocycles. The molecule has 56 heavy (non-hydrogen) atoms. The summed E-state index contributed by atoms with van der Waals surface area (Å²) in [6, 6.07) is 0. The molecule has 0 aliphatic heterocycles. The lowest BCUT2D eigenvalue weighted by atomic mass is 10.0. The SMILES string of the molecule is CC/C=C\C/C=C\C/C=C\C/C=C\C=C\C(O)CCCC(=O)OC[C@H](COP(=O)(O)OC[C@@H](O)CO)OC(=O)CCCCCCCCCCCCCCC(C)C. The van der Waals surface area contributed by atoms with E-state index in [0.29, 0.717) is 19.3 Å². The molecule has 0 aliphatic rings. The summed E-state index contributed by atoms with van der Waals surface area (Å²) >= 11 is 0. The highest BCUT2D eigenvalue weighted by Crippen LogP contribution is 2.43. The maximum Gasteiger partial charge on any atom is 0.472 e. The zero-order valence-corrected chi connectivity index (χ0v) is 35.7. The van der Waals surface area contributed by atoms with Crippen LogP contribution in [0.5, 0.6) is 0 Å². The lowest BCUT2D eigenvalue weighted by molar-refractivity contribution is -0.161. The number of carbonyl (C=O) groups excluding carboxylic acids is 2. The minimum Gasteiger partial charge on any atom is -0.462 e. The van der Waals surface area contributed by atoms with Gasteiger partial charge in [0.15, 0.2) is 6.10 Å². The second-order valence-electron chi connectivity index (χ2n) is 14.7. The predicted molar refractivity (Wildman–Crippen MR) is 225 cm³/mol. The van der Waals surface area contributed by atoms with Crippen molar-refractivity contribution in [3.05, 3.63) is 60.8 Å². The van der Waals surface area contributed by atoms with Gasteiger partial charge in [-0.1, -0.05) is 159 Å². The summed E-state index contributed by atoms with van der Waals surface area (Å²) in [6.07, 6.45) is 36.5. The first-order valence-electron chi connectivity index (χ1n) is 21.2. The second kappa shape index (κ2) is 38.2. The van der Waals surface area contributed by atoms with Crippen molar-refractivity contribution >= 4 is 19.8 Å². The number of aliphatic hydroxyl groups excluding tert-OH is 3. The van der Waals surface area contributed by atoms with E-state index in [-0.39, 0.29) is 12.8 Å². The quantitative estimate of drug-likeness (QED) is 0.0154. The van der Waals surface area contributed by atoms with Crippen molar-refractivity contribution in [3.8, 4) is 0 Å². The molecule has 0 saturated carbocycles. The van der Waals surface area contributed by atoms with E-state index >= 15 is 0 Å². The Morgan fingerprint density at radius 1 is 0.625 bits per heavy atom. The van der Waals surface area contributed by atoms with Gasteiger partial charge in [0.25, 0.3) is 0 Å². The molecular weight excluding hydrogens is 735 g/mol. The summed E-state index contributed by atoms with van der Waals surface area (Å²) in [5.41, 5.74) is 0. The van der Waals surface area contributed by atoms with Crippen molar-refractivity contribution in [1.29, 1.82) is 0 Å². The molecule has 0 rings (SSSR count). The smallest absolute Gasteiger partial charge is 0.462 e. The molecule has 0 aliphatic carbocycles. The molecule has 0 amide bonds. The maximum absolute atomic E-state index is 12.6. The molecule has 0 radical (unpaired) electrons. The van der Waals surface area contributed by atoms with Crippen LogP contribution in [0.4, 0.5) is 0 Å². The molecule has 0 fully saturated rings. The van der Waals surface area contributed by atoms with Gasteiger partial charge >= 0.3 is 19.8 Å². The van der Waals surface area contributed by atoms with Gasteiger partial charge < -0.3 is 29.7 Å². The number of allylic oxidation sites excluding steroid dienone is 9. The van der Waals surface area contributed by atoms with E-state index in [1.54, 1.807) is 12.2 Å². The predicted octanol–water partition coefficient (Wildman–Crippen LogP) is 9.94. The average Bonchev–Trinajstić information content (AvgIpc) is 3.16. The van der Waals surface area contributed by atoms with E-state index in [2.05, 4.69) is 61.8 Å². The number of hydrogen-bond donors (Lipinski definition) is 4. The van der Waals surface area contributed by atoms with Crippen LogP contribution in [0.15, 0.2) is 60.8 Å². The summed E-state index contributed by atoms with van der Waals surface area (Å²) in [5, 5.41) is 28.6. The Morgan fingerprint density at radius 3 is 1.71 bits per heavy atom. The van der Waals surface area contributed by atoms with Crippen LogP contribution >= 0.6 is 7.82 Å². The number of esters is 2. The fourth-order valence-corrected chi connectivity index (χ4v) is 6.23. The number of phosphoric ester groups is 1. The molecule has 12 heteroatoms. The van der Waals surface area contributed by atoms with Crippen molar-refractivity contribution < 1.29 is 52.9 Å². The van der Waals surface area contributed by atoms with Gasteiger partial charge in [-0.3, -0.25) is 18.6 Å². The molecule has 0 aromatic heterocycles. The Kier molecular flexibility index (Phi) is 36.5. The van der Waals surface area contributed by atoms with Gasteiger partial charge in [0, 0.05) is 12.8 Å². The lowest BCUT2D eigenvalue weighted by Gasteiger charge is -2.20. The first-order chi connectivity index (χ1) is 27.0. The minimum atomic E-state index is -4.66. The Hall–Kier alpha value is -2.37. The summed E-state index contributed by atoms with van der Waals surface area (Å²) in [5.74, 6) is -0.336. The van der Waals surface area contributed by atoms with Gasteiger partial charge in [-0.05, 0) is 50.9 Å². The van der Waals surface area contributed by atoms with E-state index in [4.69, 9.17) is 19.1 Å². The van der Waals surface area contributed by atoms with E-state index in [1.165, 1.54) is 57.8 Å². The van der Waals surface area contributed by atoms with Gasteiger partial charge in [-0.25, -0.2) is 4.57 Å². The molecule has 0 heterocycles. The third kappa shape index (κ3) is 38.5. The van der Waals surface area contributed by atoms with Crippen molar-refractivity contribution in [3.63, 3.8) is 0 Å². The number of carbonyl (C=O) groups is 2. The molecule has 0 spiro atoms. The number of ether oxygens (including phenoxy) is 2. The Labute approximate surface area is 338 Å². The molecule has 324 valence electrons. The third-order valence-electron chi connectivity index (χ3n) is 8.72. The van der Waals surface area contributed by atoms with Gasteiger partial charge in [0.1, 0.15) is 12.7 Å². The topological polar surface area (TPSA) is 169 Å². The highest BCUT2D eigenvalue weighted by molar-refractivity contribution is 7.47. The highest BCUT2D eigenvalue weighted by atomic mass is 31.2. The zero-order chi connectivity index (χ0) is 41.5.